The molecule has 0 radical (unpaired) electrons. The molecule has 1 aromatic carbocycles. The second-order valence-corrected chi connectivity index (χ2v) is 4.65. The molecule has 0 bridgehead atoms. The highest BCUT2D eigenvalue weighted by molar-refractivity contribution is 5.77. The maximum absolute atomic E-state index is 11.6. The van der Waals surface area contributed by atoms with Crippen LogP contribution in [0.4, 0.5) is 5.69 Å². The zero-order valence-electron chi connectivity index (χ0n) is 10.9. The molecule has 1 unspecified atom stereocenters. The summed E-state index contributed by atoms with van der Waals surface area (Å²) in [6.07, 6.45) is 3.43. The highest BCUT2D eigenvalue weighted by atomic mass is 16.5. The van der Waals surface area contributed by atoms with Crippen LogP contribution in [0.5, 0.6) is 5.75 Å². The van der Waals surface area contributed by atoms with Gasteiger partial charge < -0.3 is 20.5 Å². The third-order valence-corrected chi connectivity index (χ3v) is 3.03. The van der Waals surface area contributed by atoms with Gasteiger partial charge in [0.1, 0.15) is 5.75 Å². The molecular weight excluding hydrogens is 244 g/mol. The lowest BCUT2D eigenvalue weighted by Gasteiger charge is -2.22. The van der Waals surface area contributed by atoms with Crippen LogP contribution in [0.15, 0.2) is 24.3 Å². The van der Waals surface area contributed by atoms with Gasteiger partial charge >= 0.3 is 0 Å². The number of rotatable bonds is 5. The van der Waals surface area contributed by atoms with Crippen LogP contribution in [0.3, 0.4) is 0 Å². The summed E-state index contributed by atoms with van der Waals surface area (Å²) in [6.45, 7) is 1.34. The highest BCUT2D eigenvalue weighted by Gasteiger charge is 2.14. The van der Waals surface area contributed by atoms with Crippen molar-refractivity contribution in [2.24, 2.45) is 0 Å². The quantitative estimate of drug-likeness (QED) is 0.787. The van der Waals surface area contributed by atoms with Crippen molar-refractivity contribution in [1.82, 2.24) is 5.32 Å². The predicted molar refractivity (Wildman–Crippen MR) is 73.0 cm³/mol. The SMILES string of the molecule is Nc1cccc(OCC(=O)NCC2CCCCO2)c1. The molecule has 1 aliphatic heterocycles. The first kappa shape index (κ1) is 13.7. The van der Waals surface area contributed by atoms with Crippen LogP contribution >= 0.6 is 0 Å². The van der Waals surface area contributed by atoms with Crippen LogP contribution in [-0.2, 0) is 9.53 Å². The van der Waals surface area contributed by atoms with Crippen molar-refractivity contribution >= 4 is 11.6 Å². The van der Waals surface area contributed by atoms with Gasteiger partial charge in [-0.05, 0) is 31.4 Å². The van der Waals surface area contributed by atoms with E-state index < -0.39 is 0 Å². The second kappa shape index (κ2) is 6.99. The fraction of sp³-hybridized carbons (Fsp3) is 0.500. The van der Waals surface area contributed by atoms with Gasteiger partial charge in [-0.15, -0.1) is 0 Å². The van der Waals surface area contributed by atoms with Gasteiger partial charge in [-0.3, -0.25) is 4.79 Å². The molecule has 1 aliphatic rings. The van der Waals surface area contributed by atoms with Crippen LogP contribution in [0, 0.1) is 0 Å². The van der Waals surface area contributed by atoms with Gasteiger partial charge in [-0.25, -0.2) is 0 Å². The topological polar surface area (TPSA) is 73.6 Å². The fourth-order valence-electron chi connectivity index (χ4n) is 2.00. The molecule has 0 aliphatic carbocycles. The van der Waals surface area contributed by atoms with Gasteiger partial charge in [0.05, 0.1) is 6.10 Å². The number of hydrogen-bond acceptors (Lipinski definition) is 4. The van der Waals surface area contributed by atoms with Crippen molar-refractivity contribution in [2.45, 2.75) is 25.4 Å². The van der Waals surface area contributed by atoms with E-state index in [1.54, 1.807) is 24.3 Å². The maximum atomic E-state index is 11.6. The van der Waals surface area contributed by atoms with E-state index >= 15 is 0 Å². The van der Waals surface area contributed by atoms with Crippen molar-refractivity contribution in [3.8, 4) is 5.75 Å². The Morgan fingerprint density at radius 1 is 1.47 bits per heavy atom. The molecule has 19 heavy (non-hydrogen) atoms. The zero-order chi connectivity index (χ0) is 13.5. The molecule has 1 fully saturated rings. The minimum atomic E-state index is -0.142. The third-order valence-electron chi connectivity index (χ3n) is 3.03. The summed E-state index contributed by atoms with van der Waals surface area (Å²) >= 11 is 0. The van der Waals surface area contributed by atoms with E-state index in [9.17, 15) is 4.79 Å². The van der Waals surface area contributed by atoms with E-state index in [2.05, 4.69) is 5.32 Å². The lowest BCUT2D eigenvalue weighted by molar-refractivity contribution is -0.124. The van der Waals surface area contributed by atoms with E-state index in [1.165, 1.54) is 6.42 Å². The molecular formula is C14H20N2O3. The second-order valence-electron chi connectivity index (χ2n) is 4.65. The van der Waals surface area contributed by atoms with Crippen molar-refractivity contribution in [3.63, 3.8) is 0 Å². The van der Waals surface area contributed by atoms with Crippen LogP contribution in [0.25, 0.3) is 0 Å². The smallest absolute Gasteiger partial charge is 0.258 e. The van der Waals surface area contributed by atoms with Gasteiger partial charge in [-0.2, -0.15) is 0 Å². The number of anilines is 1. The summed E-state index contributed by atoms with van der Waals surface area (Å²) in [5.74, 6) is 0.459. The predicted octanol–water partition coefficient (Wildman–Crippen LogP) is 1.33. The number of amides is 1. The standard InChI is InChI=1S/C14H20N2O3/c15-11-4-3-6-12(8-11)19-10-14(17)16-9-13-5-1-2-7-18-13/h3-4,6,8,13H,1-2,5,7,9-10,15H2,(H,16,17). The molecule has 0 spiro atoms. The van der Waals surface area contributed by atoms with Gasteiger partial charge in [0.15, 0.2) is 6.61 Å². The van der Waals surface area contributed by atoms with Crippen LogP contribution < -0.4 is 15.8 Å². The average molecular weight is 264 g/mol. The molecule has 1 atom stereocenters. The zero-order valence-corrected chi connectivity index (χ0v) is 10.9. The molecule has 0 saturated carbocycles. The monoisotopic (exact) mass is 264 g/mol. The van der Waals surface area contributed by atoms with Crippen LogP contribution in [0.1, 0.15) is 19.3 Å². The minimum Gasteiger partial charge on any atom is -0.484 e. The molecule has 1 aromatic rings. The Labute approximate surface area is 113 Å². The number of ether oxygens (including phenoxy) is 2. The molecule has 1 heterocycles. The number of hydrogen-bond donors (Lipinski definition) is 2. The molecule has 1 amide bonds. The van der Waals surface area contributed by atoms with Gasteiger partial charge in [-0.1, -0.05) is 6.07 Å². The Balaban J connectivity index is 1.66. The van der Waals surface area contributed by atoms with Crippen LogP contribution in [-0.4, -0.2) is 31.8 Å². The number of nitrogen functional groups attached to an aromatic ring is 1. The lowest BCUT2D eigenvalue weighted by atomic mass is 10.1. The van der Waals surface area contributed by atoms with E-state index in [0.717, 1.165) is 19.4 Å². The summed E-state index contributed by atoms with van der Waals surface area (Å²) < 4.78 is 10.9. The Morgan fingerprint density at radius 2 is 2.37 bits per heavy atom. The van der Waals surface area contributed by atoms with Crippen molar-refractivity contribution in [3.05, 3.63) is 24.3 Å². The highest BCUT2D eigenvalue weighted by Crippen LogP contribution is 2.14. The average Bonchev–Trinajstić information content (AvgIpc) is 2.44. The molecule has 5 heteroatoms. The van der Waals surface area contributed by atoms with Crippen LogP contribution in [0.2, 0.25) is 0 Å². The summed E-state index contributed by atoms with van der Waals surface area (Å²) in [5, 5.41) is 2.82. The largest absolute Gasteiger partial charge is 0.484 e. The molecule has 5 nitrogen and oxygen atoms in total. The molecule has 1 saturated heterocycles. The number of nitrogens with two attached hydrogens (primary N) is 1. The number of carbonyl (C=O) groups is 1. The Morgan fingerprint density at radius 3 is 3.11 bits per heavy atom. The molecule has 3 N–H and O–H groups in total. The van der Waals surface area contributed by atoms with Gasteiger partial charge in [0.2, 0.25) is 0 Å². The van der Waals surface area contributed by atoms with Gasteiger partial charge in [0.25, 0.3) is 5.91 Å². The minimum absolute atomic E-state index is 0.00380. The molecule has 2 rings (SSSR count). The van der Waals surface area contributed by atoms with E-state index in [4.69, 9.17) is 15.2 Å². The summed E-state index contributed by atoms with van der Waals surface area (Å²) in [5.41, 5.74) is 6.24. The molecule has 0 aromatic heterocycles. The Bertz CT molecular complexity index is 417. The van der Waals surface area contributed by atoms with E-state index in [-0.39, 0.29) is 18.6 Å². The number of carbonyl (C=O) groups excluding carboxylic acids is 1. The normalized spacial score (nSPS) is 18.8. The summed E-state index contributed by atoms with van der Waals surface area (Å²) in [4.78, 5) is 11.6. The Hall–Kier alpha value is -1.75. The first-order chi connectivity index (χ1) is 9.24. The number of benzene rings is 1. The first-order valence-electron chi connectivity index (χ1n) is 6.60. The summed E-state index contributed by atoms with van der Waals surface area (Å²) in [6, 6.07) is 7.02. The maximum Gasteiger partial charge on any atom is 0.258 e. The van der Waals surface area contributed by atoms with Crippen molar-refractivity contribution in [1.29, 1.82) is 0 Å². The van der Waals surface area contributed by atoms with Gasteiger partial charge in [0, 0.05) is 24.9 Å². The van der Waals surface area contributed by atoms with E-state index in [1.807, 2.05) is 0 Å². The first-order valence-corrected chi connectivity index (χ1v) is 6.60. The van der Waals surface area contributed by atoms with E-state index in [0.29, 0.717) is 18.0 Å². The van der Waals surface area contributed by atoms with Crippen molar-refractivity contribution < 1.29 is 14.3 Å². The van der Waals surface area contributed by atoms with Crippen molar-refractivity contribution in [2.75, 3.05) is 25.5 Å². The lowest BCUT2D eigenvalue weighted by Crippen LogP contribution is -2.37. The number of nitrogens with one attached hydrogen (secondary N) is 1. The summed E-state index contributed by atoms with van der Waals surface area (Å²) in [7, 11) is 0. The fourth-order valence-corrected chi connectivity index (χ4v) is 2.00. The Kier molecular flexibility index (Phi) is 5.03. The third kappa shape index (κ3) is 4.79. The molecule has 104 valence electrons.